The van der Waals surface area contributed by atoms with Crippen LogP contribution in [0.2, 0.25) is 0 Å². The fourth-order valence-electron chi connectivity index (χ4n) is 1.97. The van der Waals surface area contributed by atoms with Crippen LogP contribution < -0.4 is 10.5 Å². The first-order chi connectivity index (χ1) is 8.18. The maximum absolute atomic E-state index is 6.31. The molecule has 3 heteroatoms. The van der Waals surface area contributed by atoms with Gasteiger partial charge in [0.2, 0.25) is 0 Å². The summed E-state index contributed by atoms with van der Waals surface area (Å²) in [4.78, 5) is 0. The first kappa shape index (κ1) is 12.8. The summed E-state index contributed by atoms with van der Waals surface area (Å²) in [5.41, 5.74) is 7.46. The second-order valence-electron chi connectivity index (χ2n) is 4.97. The van der Waals surface area contributed by atoms with Crippen LogP contribution in [0.3, 0.4) is 0 Å². The second kappa shape index (κ2) is 5.78. The highest BCUT2D eigenvalue weighted by Crippen LogP contribution is 2.35. The highest BCUT2D eigenvalue weighted by molar-refractivity contribution is 7.99. The summed E-state index contributed by atoms with van der Waals surface area (Å²) in [7, 11) is 0. The normalized spacial score (nSPS) is 23.3. The lowest BCUT2D eigenvalue weighted by molar-refractivity contribution is 0.276. The summed E-state index contributed by atoms with van der Waals surface area (Å²) in [6.45, 7) is 5.25. The fourth-order valence-corrected chi connectivity index (χ4v) is 3.40. The van der Waals surface area contributed by atoms with Gasteiger partial charge in [0.05, 0.1) is 5.25 Å². The molecule has 2 nitrogen and oxygen atoms in total. The average molecular weight is 251 g/mol. The number of hydrogen-bond acceptors (Lipinski definition) is 3. The number of hydrogen-bond donors (Lipinski definition) is 1. The Hall–Kier alpha value is -0.670. The number of ether oxygens (including phenoxy) is 1. The number of rotatable bonds is 4. The Labute approximate surface area is 108 Å². The molecule has 0 saturated carbocycles. The molecule has 2 unspecified atom stereocenters. The van der Waals surface area contributed by atoms with Gasteiger partial charge in [-0.1, -0.05) is 32.0 Å². The van der Waals surface area contributed by atoms with E-state index in [1.54, 1.807) is 0 Å². The molecule has 0 fully saturated rings. The molecule has 1 aliphatic rings. The van der Waals surface area contributed by atoms with Gasteiger partial charge in [-0.3, -0.25) is 0 Å². The zero-order valence-electron chi connectivity index (χ0n) is 10.6. The quantitative estimate of drug-likeness (QED) is 0.892. The van der Waals surface area contributed by atoms with Gasteiger partial charge in [-0.2, -0.15) is 11.8 Å². The zero-order chi connectivity index (χ0) is 12.3. The SMILES string of the molecule is CC(C)CCSC1COc2ccccc2C1N. The third kappa shape index (κ3) is 3.17. The number of fused-ring (bicyclic) bond motifs is 1. The van der Waals surface area contributed by atoms with Crippen LogP contribution >= 0.6 is 11.8 Å². The Balaban J connectivity index is 1.95. The van der Waals surface area contributed by atoms with Crippen molar-refractivity contribution in [2.24, 2.45) is 11.7 Å². The van der Waals surface area contributed by atoms with Gasteiger partial charge in [-0.15, -0.1) is 0 Å². The average Bonchev–Trinajstić information content (AvgIpc) is 2.32. The summed E-state index contributed by atoms with van der Waals surface area (Å²) in [6, 6.07) is 8.22. The highest BCUT2D eigenvalue weighted by Gasteiger charge is 2.27. The van der Waals surface area contributed by atoms with Crippen molar-refractivity contribution in [3.63, 3.8) is 0 Å². The van der Waals surface area contributed by atoms with Crippen molar-refractivity contribution in [2.75, 3.05) is 12.4 Å². The molecule has 0 radical (unpaired) electrons. The van der Waals surface area contributed by atoms with Gasteiger partial charge in [-0.25, -0.2) is 0 Å². The summed E-state index contributed by atoms with van der Waals surface area (Å²) < 4.78 is 5.76. The van der Waals surface area contributed by atoms with Crippen LogP contribution in [0.4, 0.5) is 0 Å². The van der Waals surface area contributed by atoms with E-state index in [9.17, 15) is 0 Å². The van der Waals surface area contributed by atoms with Gasteiger partial charge in [0.1, 0.15) is 12.4 Å². The Morgan fingerprint density at radius 3 is 2.94 bits per heavy atom. The van der Waals surface area contributed by atoms with Crippen molar-refractivity contribution in [3.05, 3.63) is 29.8 Å². The van der Waals surface area contributed by atoms with Crippen LogP contribution in [0, 0.1) is 5.92 Å². The van der Waals surface area contributed by atoms with Gasteiger partial charge >= 0.3 is 0 Å². The van der Waals surface area contributed by atoms with Crippen molar-refractivity contribution < 1.29 is 4.74 Å². The van der Waals surface area contributed by atoms with Gasteiger partial charge in [0.15, 0.2) is 0 Å². The number of benzene rings is 1. The molecule has 17 heavy (non-hydrogen) atoms. The molecule has 94 valence electrons. The van der Waals surface area contributed by atoms with Crippen molar-refractivity contribution in [1.82, 2.24) is 0 Å². The van der Waals surface area contributed by atoms with Crippen LogP contribution in [0.15, 0.2) is 24.3 Å². The third-order valence-electron chi connectivity index (χ3n) is 3.11. The zero-order valence-corrected chi connectivity index (χ0v) is 11.4. The molecular formula is C14H21NOS. The molecule has 2 rings (SSSR count). The molecule has 1 aromatic rings. The Bertz CT molecular complexity index is 367. The minimum Gasteiger partial charge on any atom is -0.492 e. The lowest BCUT2D eigenvalue weighted by Gasteiger charge is -2.30. The van der Waals surface area contributed by atoms with E-state index < -0.39 is 0 Å². The molecule has 1 heterocycles. The standard InChI is InChI=1S/C14H21NOS/c1-10(2)7-8-17-13-9-16-12-6-4-3-5-11(12)14(13)15/h3-6,10,13-14H,7-9,15H2,1-2H3. The van der Waals surface area contributed by atoms with Crippen LogP contribution in [-0.2, 0) is 0 Å². The monoisotopic (exact) mass is 251 g/mol. The minimum atomic E-state index is 0.108. The van der Waals surface area contributed by atoms with Gasteiger partial charge in [-0.05, 0) is 24.2 Å². The first-order valence-electron chi connectivity index (χ1n) is 6.27. The summed E-state index contributed by atoms with van der Waals surface area (Å²) >= 11 is 1.95. The molecule has 1 aromatic carbocycles. The lowest BCUT2D eigenvalue weighted by Crippen LogP contribution is -2.34. The predicted molar refractivity (Wildman–Crippen MR) is 74.6 cm³/mol. The minimum absolute atomic E-state index is 0.108. The van der Waals surface area contributed by atoms with E-state index >= 15 is 0 Å². The van der Waals surface area contributed by atoms with Crippen LogP contribution in [0.1, 0.15) is 31.9 Å². The van der Waals surface area contributed by atoms with Gasteiger partial charge < -0.3 is 10.5 Å². The highest BCUT2D eigenvalue weighted by atomic mass is 32.2. The molecule has 0 aromatic heterocycles. The Morgan fingerprint density at radius 2 is 2.18 bits per heavy atom. The maximum atomic E-state index is 6.31. The first-order valence-corrected chi connectivity index (χ1v) is 7.32. The molecular weight excluding hydrogens is 230 g/mol. The molecule has 0 aliphatic carbocycles. The Morgan fingerprint density at radius 1 is 1.41 bits per heavy atom. The number of nitrogens with two attached hydrogens (primary N) is 1. The van der Waals surface area contributed by atoms with Gasteiger partial charge in [0, 0.05) is 11.6 Å². The maximum Gasteiger partial charge on any atom is 0.124 e. The molecule has 0 amide bonds. The third-order valence-corrected chi connectivity index (χ3v) is 4.44. The van der Waals surface area contributed by atoms with E-state index in [4.69, 9.17) is 10.5 Å². The van der Waals surface area contributed by atoms with E-state index in [1.165, 1.54) is 12.2 Å². The topological polar surface area (TPSA) is 35.2 Å². The van der Waals surface area contributed by atoms with E-state index in [-0.39, 0.29) is 6.04 Å². The molecule has 1 aliphatic heterocycles. The van der Waals surface area contributed by atoms with Crippen LogP contribution in [0.25, 0.3) is 0 Å². The van der Waals surface area contributed by atoms with Crippen molar-refractivity contribution in [3.8, 4) is 5.75 Å². The van der Waals surface area contributed by atoms with Crippen LogP contribution in [-0.4, -0.2) is 17.6 Å². The van der Waals surface area contributed by atoms with E-state index in [0.717, 1.165) is 23.8 Å². The van der Waals surface area contributed by atoms with E-state index in [0.29, 0.717) is 5.25 Å². The molecule has 0 spiro atoms. The fraction of sp³-hybridized carbons (Fsp3) is 0.571. The van der Waals surface area contributed by atoms with E-state index in [1.807, 2.05) is 30.0 Å². The summed E-state index contributed by atoms with van der Waals surface area (Å²) in [6.07, 6.45) is 1.25. The van der Waals surface area contributed by atoms with Crippen molar-refractivity contribution >= 4 is 11.8 Å². The summed E-state index contributed by atoms with van der Waals surface area (Å²) in [5.74, 6) is 2.89. The Kier molecular flexibility index (Phi) is 4.35. The number of para-hydroxylation sites is 1. The summed E-state index contributed by atoms with van der Waals surface area (Å²) in [5, 5.41) is 0.392. The van der Waals surface area contributed by atoms with Crippen molar-refractivity contribution in [1.29, 1.82) is 0 Å². The molecule has 2 atom stereocenters. The largest absolute Gasteiger partial charge is 0.492 e. The van der Waals surface area contributed by atoms with Gasteiger partial charge in [0.25, 0.3) is 0 Å². The smallest absolute Gasteiger partial charge is 0.124 e. The van der Waals surface area contributed by atoms with Crippen LogP contribution in [0.5, 0.6) is 5.75 Å². The van der Waals surface area contributed by atoms with E-state index in [2.05, 4.69) is 19.9 Å². The lowest BCUT2D eigenvalue weighted by atomic mass is 10.0. The van der Waals surface area contributed by atoms with Crippen molar-refractivity contribution in [2.45, 2.75) is 31.6 Å². The number of thioether (sulfide) groups is 1. The molecule has 2 N–H and O–H groups in total. The predicted octanol–water partition coefficient (Wildman–Crippen LogP) is 3.23. The second-order valence-corrected chi connectivity index (χ2v) is 6.31. The molecule has 0 bridgehead atoms. The molecule has 0 saturated heterocycles.